The summed E-state index contributed by atoms with van der Waals surface area (Å²) in [5.74, 6) is 0.167. The van der Waals surface area contributed by atoms with Crippen LogP contribution < -0.4 is 0 Å². The number of hydrogen-bond acceptors (Lipinski definition) is 3. The third-order valence-corrected chi connectivity index (χ3v) is 2.78. The van der Waals surface area contributed by atoms with Crippen molar-refractivity contribution in [1.82, 2.24) is 4.90 Å². The summed E-state index contributed by atoms with van der Waals surface area (Å²) < 4.78 is 5.01. The lowest BCUT2D eigenvalue weighted by Crippen LogP contribution is -2.40. The smallest absolute Gasteiger partial charge is 0.222 e. The van der Waals surface area contributed by atoms with Gasteiger partial charge >= 0.3 is 0 Å². The topological polar surface area (TPSA) is 49.8 Å². The van der Waals surface area contributed by atoms with E-state index in [1.165, 1.54) is 0 Å². The van der Waals surface area contributed by atoms with Crippen LogP contribution in [0.25, 0.3) is 0 Å². The number of nitrogens with zero attached hydrogens (tertiary/aromatic N) is 1. The number of methoxy groups -OCH3 is 1. The molecule has 0 radical (unpaired) electrons. The van der Waals surface area contributed by atoms with Gasteiger partial charge in [-0.1, -0.05) is 6.92 Å². The van der Waals surface area contributed by atoms with Crippen molar-refractivity contribution in [2.24, 2.45) is 0 Å². The zero-order valence-electron chi connectivity index (χ0n) is 10.7. The van der Waals surface area contributed by atoms with Crippen molar-refractivity contribution in [1.29, 1.82) is 0 Å². The maximum Gasteiger partial charge on any atom is 0.222 e. The van der Waals surface area contributed by atoms with Gasteiger partial charge in [-0.05, 0) is 26.2 Å². The average Bonchev–Trinajstić information content (AvgIpc) is 2.29. The van der Waals surface area contributed by atoms with Gasteiger partial charge in [0.05, 0.1) is 6.61 Å². The normalized spacial score (nSPS) is 12.5. The van der Waals surface area contributed by atoms with Gasteiger partial charge in [-0.3, -0.25) is 4.79 Å². The van der Waals surface area contributed by atoms with Crippen LogP contribution in [0.4, 0.5) is 0 Å². The molecule has 0 aromatic rings. The second-order valence-corrected chi connectivity index (χ2v) is 4.02. The first kappa shape index (κ1) is 15.4. The first-order valence-electron chi connectivity index (χ1n) is 6.06. The van der Waals surface area contributed by atoms with E-state index in [4.69, 9.17) is 9.84 Å². The molecule has 0 saturated carbocycles. The number of carbonyl (C=O) groups is 1. The number of aliphatic hydroxyl groups is 1. The SMILES string of the molecule is CCC(C)N(CCOC)C(=O)CCCCO. The van der Waals surface area contributed by atoms with Crippen molar-refractivity contribution in [2.75, 3.05) is 26.9 Å². The van der Waals surface area contributed by atoms with Crippen LogP contribution >= 0.6 is 0 Å². The minimum atomic E-state index is 0.161. The standard InChI is InChI=1S/C12H25NO3/c1-4-11(2)13(8-10-16-3)12(15)7-5-6-9-14/h11,14H,4-10H2,1-3H3. The molecule has 1 amide bonds. The second kappa shape index (κ2) is 9.60. The Kier molecular flexibility index (Phi) is 9.24. The molecule has 0 aromatic carbocycles. The molecule has 16 heavy (non-hydrogen) atoms. The van der Waals surface area contributed by atoms with Crippen molar-refractivity contribution >= 4 is 5.91 Å². The molecule has 0 heterocycles. The molecule has 0 saturated heterocycles. The van der Waals surface area contributed by atoms with Gasteiger partial charge in [0.1, 0.15) is 0 Å². The van der Waals surface area contributed by atoms with Gasteiger partial charge in [-0.2, -0.15) is 0 Å². The van der Waals surface area contributed by atoms with E-state index in [1.807, 2.05) is 4.90 Å². The maximum absolute atomic E-state index is 11.9. The third-order valence-electron chi connectivity index (χ3n) is 2.78. The minimum absolute atomic E-state index is 0.161. The molecule has 1 N–H and O–H groups in total. The summed E-state index contributed by atoms with van der Waals surface area (Å²) in [5, 5.41) is 8.67. The predicted octanol–water partition coefficient (Wildman–Crippen LogP) is 1.42. The van der Waals surface area contributed by atoms with Gasteiger partial charge in [0.2, 0.25) is 5.91 Å². The van der Waals surface area contributed by atoms with Gasteiger partial charge in [0.25, 0.3) is 0 Å². The van der Waals surface area contributed by atoms with Gasteiger partial charge in [-0.25, -0.2) is 0 Å². The zero-order chi connectivity index (χ0) is 12.4. The number of unbranched alkanes of at least 4 members (excludes halogenated alkanes) is 1. The summed E-state index contributed by atoms with van der Waals surface area (Å²) in [5.41, 5.74) is 0. The molecule has 0 aliphatic carbocycles. The Hall–Kier alpha value is -0.610. The molecule has 0 rings (SSSR count). The quantitative estimate of drug-likeness (QED) is 0.611. The Morgan fingerprint density at radius 2 is 2.12 bits per heavy atom. The highest BCUT2D eigenvalue weighted by atomic mass is 16.5. The fourth-order valence-electron chi connectivity index (χ4n) is 1.53. The fourth-order valence-corrected chi connectivity index (χ4v) is 1.53. The first-order chi connectivity index (χ1) is 7.67. The van der Waals surface area contributed by atoms with Crippen LogP contribution in [0.1, 0.15) is 39.5 Å². The van der Waals surface area contributed by atoms with Crippen LogP contribution in [-0.2, 0) is 9.53 Å². The predicted molar refractivity (Wildman–Crippen MR) is 64.3 cm³/mol. The Morgan fingerprint density at radius 3 is 2.62 bits per heavy atom. The Morgan fingerprint density at radius 1 is 1.44 bits per heavy atom. The molecule has 0 bridgehead atoms. The van der Waals surface area contributed by atoms with Gasteiger partial charge in [-0.15, -0.1) is 0 Å². The van der Waals surface area contributed by atoms with Crippen molar-refractivity contribution < 1.29 is 14.6 Å². The lowest BCUT2D eigenvalue weighted by molar-refractivity contribution is -0.134. The van der Waals surface area contributed by atoms with Crippen molar-refractivity contribution in [2.45, 2.75) is 45.6 Å². The lowest BCUT2D eigenvalue weighted by Gasteiger charge is -2.28. The first-order valence-corrected chi connectivity index (χ1v) is 6.06. The molecule has 0 aliphatic heterocycles. The third kappa shape index (κ3) is 6.08. The molecule has 1 atom stereocenters. The van der Waals surface area contributed by atoms with Crippen LogP contribution in [0.5, 0.6) is 0 Å². The summed E-state index contributed by atoms with van der Waals surface area (Å²) >= 11 is 0. The van der Waals surface area contributed by atoms with Crippen molar-refractivity contribution in [3.05, 3.63) is 0 Å². The number of rotatable bonds is 9. The van der Waals surface area contributed by atoms with Crippen LogP contribution in [0.15, 0.2) is 0 Å². The van der Waals surface area contributed by atoms with E-state index in [1.54, 1.807) is 7.11 Å². The van der Waals surface area contributed by atoms with E-state index in [0.29, 0.717) is 26.0 Å². The molecule has 0 aromatic heterocycles. The van der Waals surface area contributed by atoms with Crippen molar-refractivity contribution in [3.63, 3.8) is 0 Å². The van der Waals surface area contributed by atoms with Crippen LogP contribution in [0.3, 0.4) is 0 Å². The molecule has 4 nitrogen and oxygen atoms in total. The van der Waals surface area contributed by atoms with Crippen LogP contribution in [-0.4, -0.2) is 48.8 Å². The second-order valence-electron chi connectivity index (χ2n) is 4.02. The zero-order valence-corrected chi connectivity index (χ0v) is 10.7. The number of ether oxygens (including phenoxy) is 1. The summed E-state index contributed by atoms with van der Waals surface area (Å²) in [4.78, 5) is 13.8. The van der Waals surface area contributed by atoms with Gasteiger partial charge < -0.3 is 14.7 Å². The summed E-state index contributed by atoms with van der Waals surface area (Å²) in [7, 11) is 1.64. The molecule has 0 fully saturated rings. The molecule has 96 valence electrons. The Balaban J connectivity index is 4.09. The highest BCUT2D eigenvalue weighted by Crippen LogP contribution is 2.08. The maximum atomic E-state index is 11.9. The largest absolute Gasteiger partial charge is 0.396 e. The Bertz CT molecular complexity index is 185. The molecular formula is C12H25NO3. The highest BCUT2D eigenvalue weighted by Gasteiger charge is 2.17. The number of amides is 1. The van der Waals surface area contributed by atoms with Crippen LogP contribution in [0.2, 0.25) is 0 Å². The number of carbonyl (C=O) groups excluding carboxylic acids is 1. The molecule has 0 aliphatic rings. The number of hydrogen-bond donors (Lipinski definition) is 1. The summed E-state index contributed by atoms with van der Waals surface area (Å²) in [6.45, 7) is 5.53. The molecule has 0 spiro atoms. The van der Waals surface area contributed by atoms with Crippen molar-refractivity contribution in [3.8, 4) is 0 Å². The Labute approximate surface area is 98.6 Å². The van der Waals surface area contributed by atoms with E-state index in [0.717, 1.165) is 12.8 Å². The van der Waals surface area contributed by atoms with E-state index in [9.17, 15) is 4.79 Å². The number of aliphatic hydroxyl groups excluding tert-OH is 1. The van der Waals surface area contributed by atoms with E-state index < -0.39 is 0 Å². The fraction of sp³-hybridized carbons (Fsp3) is 0.917. The van der Waals surface area contributed by atoms with Gasteiger partial charge in [0, 0.05) is 32.7 Å². The molecular weight excluding hydrogens is 206 g/mol. The molecule has 4 heteroatoms. The monoisotopic (exact) mass is 231 g/mol. The summed E-state index contributed by atoms with van der Waals surface area (Å²) in [6.07, 6.45) is 2.93. The van der Waals surface area contributed by atoms with Gasteiger partial charge in [0.15, 0.2) is 0 Å². The average molecular weight is 231 g/mol. The van der Waals surface area contributed by atoms with Crippen LogP contribution in [0, 0.1) is 0 Å². The van der Waals surface area contributed by atoms with E-state index in [2.05, 4.69) is 13.8 Å². The van der Waals surface area contributed by atoms with E-state index in [-0.39, 0.29) is 18.6 Å². The van der Waals surface area contributed by atoms with E-state index >= 15 is 0 Å². The summed E-state index contributed by atoms with van der Waals surface area (Å²) in [6, 6.07) is 0.261. The lowest BCUT2D eigenvalue weighted by atomic mass is 10.1. The minimum Gasteiger partial charge on any atom is -0.396 e. The molecule has 1 unspecified atom stereocenters. The highest BCUT2D eigenvalue weighted by molar-refractivity contribution is 5.76.